The molecule has 106 valence electrons. The highest BCUT2D eigenvalue weighted by atomic mass is 16.3. The van der Waals surface area contributed by atoms with Crippen molar-refractivity contribution in [3.05, 3.63) is 22.1 Å². The first-order valence-corrected chi connectivity index (χ1v) is 6.79. The molecule has 19 heavy (non-hydrogen) atoms. The summed E-state index contributed by atoms with van der Waals surface area (Å²) in [5.41, 5.74) is 0.739. The number of aromatic nitrogens is 2. The van der Waals surface area contributed by atoms with Crippen LogP contribution in [0.2, 0.25) is 0 Å². The molecule has 1 saturated heterocycles. The van der Waals surface area contributed by atoms with E-state index >= 15 is 0 Å². The number of nitrogens with zero attached hydrogens (tertiary/aromatic N) is 3. The minimum Gasteiger partial charge on any atom is -0.395 e. The second-order valence-corrected chi connectivity index (χ2v) is 5.20. The summed E-state index contributed by atoms with van der Waals surface area (Å²) in [5, 5.41) is 8.92. The Bertz CT molecular complexity index is 464. The molecule has 0 atom stereocenters. The van der Waals surface area contributed by atoms with Gasteiger partial charge >= 0.3 is 0 Å². The number of nitrogens with one attached hydrogen (secondary N) is 1. The number of hydrogen-bond donors (Lipinski definition) is 2. The molecule has 0 bridgehead atoms. The highest BCUT2D eigenvalue weighted by Crippen LogP contribution is 2.14. The van der Waals surface area contributed by atoms with Gasteiger partial charge in [-0.2, -0.15) is 0 Å². The van der Waals surface area contributed by atoms with Crippen molar-refractivity contribution in [1.82, 2.24) is 14.9 Å². The number of rotatable bonds is 4. The molecule has 0 spiro atoms. The average Bonchev–Trinajstić information content (AvgIpc) is 2.39. The molecule has 1 aromatic heterocycles. The summed E-state index contributed by atoms with van der Waals surface area (Å²) < 4.78 is 0. The summed E-state index contributed by atoms with van der Waals surface area (Å²) >= 11 is 0. The molecule has 0 amide bonds. The normalized spacial score (nSPS) is 17.2. The van der Waals surface area contributed by atoms with Gasteiger partial charge in [-0.3, -0.25) is 14.7 Å². The van der Waals surface area contributed by atoms with Crippen molar-refractivity contribution in [2.75, 3.05) is 44.2 Å². The number of aliphatic hydroxyl groups excluding tert-OH is 1. The van der Waals surface area contributed by atoms with Crippen molar-refractivity contribution in [3.8, 4) is 0 Å². The van der Waals surface area contributed by atoms with Crippen LogP contribution in [-0.4, -0.2) is 59.3 Å². The molecule has 2 rings (SSSR count). The third-order valence-corrected chi connectivity index (χ3v) is 3.43. The molecule has 2 N–H and O–H groups in total. The highest BCUT2D eigenvalue weighted by Gasteiger charge is 2.19. The fraction of sp³-hybridized carbons (Fsp3) is 0.692. The molecule has 0 aliphatic carbocycles. The zero-order valence-electron chi connectivity index (χ0n) is 11.6. The Morgan fingerprint density at radius 1 is 1.37 bits per heavy atom. The van der Waals surface area contributed by atoms with Crippen LogP contribution in [0, 0.1) is 0 Å². The Hall–Kier alpha value is -1.40. The maximum atomic E-state index is 11.7. The molecule has 2 heterocycles. The van der Waals surface area contributed by atoms with E-state index in [1.807, 2.05) is 13.8 Å². The van der Waals surface area contributed by atoms with Crippen molar-refractivity contribution < 1.29 is 5.11 Å². The standard InChI is InChI=1S/C13H22N4O2/c1-10(2)11-9-12(19)15-13(14-11)17-5-3-16(4-6-17)7-8-18/h9-10,18H,3-8H2,1-2H3,(H,14,15,19). The van der Waals surface area contributed by atoms with Crippen LogP contribution in [0.1, 0.15) is 25.5 Å². The van der Waals surface area contributed by atoms with E-state index in [1.165, 1.54) is 0 Å². The highest BCUT2D eigenvalue weighted by molar-refractivity contribution is 5.31. The molecule has 6 nitrogen and oxygen atoms in total. The summed E-state index contributed by atoms with van der Waals surface area (Å²) in [6.45, 7) is 8.39. The first-order valence-electron chi connectivity index (χ1n) is 6.79. The van der Waals surface area contributed by atoms with Gasteiger partial charge < -0.3 is 10.0 Å². The van der Waals surface area contributed by atoms with Gasteiger partial charge in [-0.15, -0.1) is 0 Å². The van der Waals surface area contributed by atoms with Crippen molar-refractivity contribution in [2.24, 2.45) is 0 Å². The molecule has 1 fully saturated rings. The number of anilines is 1. The van der Waals surface area contributed by atoms with Crippen LogP contribution >= 0.6 is 0 Å². The lowest BCUT2D eigenvalue weighted by Crippen LogP contribution is -2.48. The van der Waals surface area contributed by atoms with E-state index in [4.69, 9.17) is 5.11 Å². The van der Waals surface area contributed by atoms with Gasteiger partial charge in [-0.25, -0.2) is 4.98 Å². The van der Waals surface area contributed by atoms with Crippen LogP contribution in [0.4, 0.5) is 5.95 Å². The fourth-order valence-electron chi connectivity index (χ4n) is 2.23. The first kappa shape index (κ1) is 14.0. The Morgan fingerprint density at radius 3 is 2.63 bits per heavy atom. The van der Waals surface area contributed by atoms with Crippen LogP contribution in [0.3, 0.4) is 0 Å². The van der Waals surface area contributed by atoms with Crippen LogP contribution in [-0.2, 0) is 0 Å². The summed E-state index contributed by atoms with van der Waals surface area (Å²) in [7, 11) is 0. The lowest BCUT2D eigenvalue weighted by molar-refractivity contribution is 0.188. The maximum Gasteiger partial charge on any atom is 0.252 e. The van der Waals surface area contributed by atoms with Crippen molar-refractivity contribution in [1.29, 1.82) is 0 Å². The van der Waals surface area contributed by atoms with Gasteiger partial charge in [0.2, 0.25) is 5.95 Å². The van der Waals surface area contributed by atoms with E-state index in [0.29, 0.717) is 12.5 Å². The SMILES string of the molecule is CC(C)c1cc(=O)[nH]c(N2CCN(CCO)CC2)n1. The number of hydrogen-bond acceptors (Lipinski definition) is 5. The fourth-order valence-corrected chi connectivity index (χ4v) is 2.23. The number of aromatic amines is 1. The predicted molar refractivity (Wildman–Crippen MR) is 74.7 cm³/mol. The van der Waals surface area contributed by atoms with Gasteiger partial charge in [0.1, 0.15) is 0 Å². The Morgan fingerprint density at radius 2 is 2.05 bits per heavy atom. The van der Waals surface area contributed by atoms with Gasteiger partial charge in [0.05, 0.1) is 12.3 Å². The van der Waals surface area contributed by atoms with E-state index in [-0.39, 0.29) is 18.1 Å². The van der Waals surface area contributed by atoms with Crippen LogP contribution in [0.25, 0.3) is 0 Å². The zero-order chi connectivity index (χ0) is 13.8. The second kappa shape index (κ2) is 6.16. The van der Waals surface area contributed by atoms with Crippen molar-refractivity contribution >= 4 is 5.95 Å². The van der Waals surface area contributed by atoms with E-state index < -0.39 is 0 Å². The number of β-amino-alcohol motifs (C(OH)–C–C–N with tert-alkyl or cyclic N) is 1. The quantitative estimate of drug-likeness (QED) is 0.803. The topological polar surface area (TPSA) is 72.5 Å². The first-order chi connectivity index (χ1) is 9.10. The van der Waals surface area contributed by atoms with Gasteiger partial charge in [-0.1, -0.05) is 13.8 Å². The van der Waals surface area contributed by atoms with Crippen molar-refractivity contribution in [2.45, 2.75) is 19.8 Å². The van der Waals surface area contributed by atoms with Gasteiger partial charge in [-0.05, 0) is 5.92 Å². The smallest absolute Gasteiger partial charge is 0.252 e. The lowest BCUT2D eigenvalue weighted by Gasteiger charge is -2.34. The third kappa shape index (κ3) is 3.54. The molecular formula is C13H22N4O2. The second-order valence-electron chi connectivity index (χ2n) is 5.20. The van der Waals surface area contributed by atoms with E-state index in [1.54, 1.807) is 6.07 Å². The van der Waals surface area contributed by atoms with Crippen LogP contribution < -0.4 is 10.5 Å². The van der Waals surface area contributed by atoms with Crippen molar-refractivity contribution in [3.63, 3.8) is 0 Å². The molecule has 6 heteroatoms. The molecule has 0 saturated carbocycles. The van der Waals surface area contributed by atoms with Crippen LogP contribution in [0.5, 0.6) is 0 Å². The molecular weight excluding hydrogens is 244 g/mol. The minimum absolute atomic E-state index is 0.0912. The molecule has 0 radical (unpaired) electrons. The number of aliphatic hydroxyl groups is 1. The average molecular weight is 266 g/mol. The Labute approximate surface area is 113 Å². The molecule has 1 aliphatic rings. The maximum absolute atomic E-state index is 11.7. The van der Waals surface area contributed by atoms with Crippen LogP contribution in [0.15, 0.2) is 10.9 Å². The van der Waals surface area contributed by atoms with E-state index in [9.17, 15) is 4.79 Å². The lowest BCUT2D eigenvalue weighted by atomic mass is 10.1. The van der Waals surface area contributed by atoms with Gasteiger partial charge in [0.25, 0.3) is 5.56 Å². The molecule has 0 unspecified atom stereocenters. The summed E-state index contributed by atoms with van der Waals surface area (Å²) in [6.07, 6.45) is 0. The number of piperazine rings is 1. The predicted octanol–water partition coefficient (Wildman–Crippen LogP) is 0.00760. The Kier molecular flexibility index (Phi) is 4.55. The summed E-state index contributed by atoms with van der Waals surface area (Å²) in [4.78, 5) is 23.3. The Balaban J connectivity index is 2.09. The van der Waals surface area contributed by atoms with E-state index in [0.717, 1.165) is 31.9 Å². The van der Waals surface area contributed by atoms with Gasteiger partial charge in [0, 0.05) is 38.8 Å². The number of H-pyrrole nitrogens is 1. The summed E-state index contributed by atoms with van der Waals surface area (Å²) in [5.74, 6) is 0.913. The van der Waals surface area contributed by atoms with E-state index in [2.05, 4.69) is 19.8 Å². The van der Waals surface area contributed by atoms with Gasteiger partial charge in [0.15, 0.2) is 0 Å². The minimum atomic E-state index is -0.0912. The molecule has 1 aromatic rings. The molecule has 1 aliphatic heterocycles. The monoisotopic (exact) mass is 266 g/mol. The zero-order valence-corrected chi connectivity index (χ0v) is 11.6. The molecule has 0 aromatic carbocycles. The third-order valence-electron chi connectivity index (χ3n) is 3.43. The largest absolute Gasteiger partial charge is 0.395 e. The summed E-state index contributed by atoms with van der Waals surface area (Å²) in [6, 6.07) is 1.57.